The van der Waals surface area contributed by atoms with Crippen LogP contribution in [0.25, 0.3) is 0 Å². The van der Waals surface area contributed by atoms with Crippen LogP contribution in [0.2, 0.25) is 0 Å². The first-order chi connectivity index (χ1) is 17.4. The van der Waals surface area contributed by atoms with E-state index in [1.54, 1.807) is 6.20 Å². The summed E-state index contributed by atoms with van der Waals surface area (Å²) in [6.45, 7) is 9.91. The molecule has 0 bridgehead atoms. The van der Waals surface area contributed by atoms with Crippen molar-refractivity contribution in [2.24, 2.45) is 5.92 Å². The minimum absolute atomic E-state index is 0.162. The summed E-state index contributed by atoms with van der Waals surface area (Å²) >= 11 is 0. The largest absolute Gasteiger partial charge is 0.330 e. The topological polar surface area (TPSA) is 84.0 Å². The van der Waals surface area contributed by atoms with Crippen molar-refractivity contribution in [1.29, 1.82) is 0 Å². The van der Waals surface area contributed by atoms with Crippen LogP contribution in [0.15, 0.2) is 24.5 Å². The van der Waals surface area contributed by atoms with E-state index in [0.717, 1.165) is 76.2 Å². The van der Waals surface area contributed by atoms with E-state index in [-0.39, 0.29) is 18.2 Å². The zero-order valence-electron chi connectivity index (χ0n) is 23.2. The predicted octanol–water partition coefficient (Wildman–Crippen LogP) is 8.67. The fourth-order valence-corrected chi connectivity index (χ4v) is 7.98. The summed E-state index contributed by atoms with van der Waals surface area (Å²) in [4.78, 5) is 4.20. The highest BCUT2D eigenvalue weighted by Gasteiger charge is 2.35. The third-order valence-electron chi connectivity index (χ3n) is 5.91. The van der Waals surface area contributed by atoms with E-state index in [9.17, 15) is 9.13 Å². The van der Waals surface area contributed by atoms with Gasteiger partial charge >= 0.3 is 15.2 Å². The van der Waals surface area contributed by atoms with Crippen molar-refractivity contribution in [1.82, 2.24) is 4.98 Å². The molecule has 1 rings (SSSR count). The molecule has 0 saturated carbocycles. The first kappa shape index (κ1) is 33.5. The lowest BCUT2D eigenvalue weighted by Crippen LogP contribution is -2.18. The van der Waals surface area contributed by atoms with E-state index in [1.165, 1.54) is 0 Å². The molecule has 0 aliphatic carbocycles. The van der Waals surface area contributed by atoms with Crippen molar-refractivity contribution in [3.05, 3.63) is 30.1 Å². The Morgan fingerprint density at radius 2 is 1.17 bits per heavy atom. The summed E-state index contributed by atoms with van der Waals surface area (Å²) in [7, 11) is -6.68. The van der Waals surface area contributed by atoms with Crippen LogP contribution in [-0.2, 0) is 33.6 Å². The van der Waals surface area contributed by atoms with Gasteiger partial charge in [-0.25, -0.2) is 0 Å². The van der Waals surface area contributed by atoms with Crippen molar-refractivity contribution in [3.63, 3.8) is 0 Å². The first-order valence-corrected chi connectivity index (χ1v) is 17.5. The number of hydrogen-bond donors (Lipinski definition) is 0. The minimum atomic E-state index is -3.34. The van der Waals surface area contributed by atoms with E-state index >= 15 is 0 Å². The zero-order valence-corrected chi connectivity index (χ0v) is 25.0. The summed E-state index contributed by atoms with van der Waals surface area (Å²) in [5, 5.41) is 0. The van der Waals surface area contributed by atoms with E-state index in [0.29, 0.717) is 26.4 Å². The number of unbranched alkanes of at least 4 members (excludes halogenated alkanes) is 4. The molecule has 36 heavy (non-hydrogen) atoms. The van der Waals surface area contributed by atoms with Gasteiger partial charge in [0.2, 0.25) is 0 Å². The normalized spacial score (nSPS) is 12.5. The smallest absolute Gasteiger partial charge is 0.309 e. The Hall–Kier alpha value is -0.550. The number of hydrogen-bond acceptors (Lipinski definition) is 7. The fourth-order valence-electron chi connectivity index (χ4n) is 3.69. The highest BCUT2D eigenvalue weighted by atomic mass is 31.2. The van der Waals surface area contributed by atoms with Gasteiger partial charge in [0.25, 0.3) is 0 Å². The third kappa shape index (κ3) is 15.6. The number of nitrogens with zero attached hydrogens (tertiary/aromatic N) is 1. The van der Waals surface area contributed by atoms with Gasteiger partial charge in [-0.05, 0) is 62.5 Å². The summed E-state index contributed by atoms with van der Waals surface area (Å²) in [5.41, 5.74) is 1.15. The molecule has 0 aromatic carbocycles. The lowest BCUT2D eigenvalue weighted by atomic mass is 10.0. The van der Waals surface area contributed by atoms with Gasteiger partial charge in [-0.2, -0.15) is 0 Å². The number of pyridine rings is 1. The van der Waals surface area contributed by atoms with Crippen LogP contribution in [0.3, 0.4) is 0 Å². The quantitative estimate of drug-likeness (QED) is 0.0945. The van der Waals surface area contributed by atoms with Crippen molar-refractivity contribution < 1.29 is 27.2 Å². The average Bonchev–Trinajstić information content (AvgIpc) is 2.85. The molecular weight excluding hydrogens is 496 g/mol. The van der Waals surface area contributed by atoms with Gasteiger partial charge in [0.1, 0.15) is 0 Å². The molecule has 1 heterocycles. The summed E-state index contributed by atoms with van der Waals surface area (Å²) in [6.07, 6.45) is 13.6. The van der Waals surface area contributed by atoms with Gasteiger partial charge in [-0.1, -0.05) is 59.4 Å². The van der Waals surface area contributed by atoms with E-state index < -0.39 is 15.2 Å². The van der Waals surface area contributed by atoms with Crippen molar-refractivity contribution in [2.45, 2.75) is 98.3 Å². The van der Waals surface area contributed by atoms with Gasteiger partial charge in [-0.3, -0.25) is 14.1 Å². The Kier molecular flexibility index (Phi) is 19.0. The zero-order chi connectivity index (χ0) is 26.5. The Labute approximate surface area is 220 Å². The van der Waals surface area contributed by atoms with Crippen LogP contribution in [0.4, 0.5) is 0 Å². The van der Waals surface area contributed by atoms with Gasteiger partial charge in [0, 0.05) is 12.4 Å². The molecule has 0 aliphatic rings. The minimum Gasteiger partial charge on any atom is -0.309 e. The molecular formula is C27H51NO6P2. The van der Waals surface area contributed by atoms with Gasteiger partial charge < -0.3 is 18.1 Å². The Morgan fingerprint density at radius 1 is 0.722 bits per heavy atom. The second kappa shape index (κ2) is 20.4. The van der Waals surface area contributed by atoms with Crippen LogP contribution in [0.1, 0.15) is 97.5 Å². The van der Waals surface area contributed by atoms with E-state index in [4.69, 9.17) is 18.1 Å². The third-order valence-corrected chi connectivity index (χ3v) is 10.1. The molecule has 0 unspecified atom stereocenters. The number of rotatable bonds is 24. The maximum Gasteiger partial charge on any atom is 0.330 e. The van der Waals surface area contributed by atoms with Crippen molar-refractivity contribution in [3.8, 4) is 0 Å². The molecule has 0 aliphatic heterocycles. The molecule has 0 fully saturated rings. The molecule has 0 atom stereocenters. The summed E-state index contributed by atoms with van der Waals surface area (Å²) < 4.78 is 51.1. The van der Waals surface area contributed by atoms with Crippen molar-refractivity contribution >= 4 is 15.2 Å². The lowest BCUT2D eigenvalue weighted by molar-refractivity contribution is 0.189. The second-order valence-corrected chi connectivity index (χ2v) is 13.7. The molecule has 210 valence electrons. The van der Waals surface area contributed by atoms with Crippen LogP contribution in [0, 0.1) is 5.92 Å². The van der Waals surface area contributed by atoms with E-state index in [1.807, 2.05) is 12.3 Å². The van der Waals surface area contributed by atoms with Crippen LogP contribution in [0.5, 0.6) is 0 Å². The SMILES string of the molecule is CCCCOP(=O)(CC(CCCc1cccnc1)CP(=O)(OCCCC)OCCCC)OCCCC. The summed E-state index contributed by atoms with van der Waals surface area (Å²) in [5.74, 6) is -0.162. The fraction of sp³-hybridized carbons (Fsp3) is 0.815. The second-order valence-electron chi connectivity index (χ2n) is 9.45. The molecule has 0 N–H and O–H groups in total. The molecule has 9 heteroatoms. The number of aromatic nitrogens is 1. The standard InChI is InChI=1S/C27H51NO6P2/c1-5-9-19-31-35(29,32-20-10-6-2)24-27(16-13-15-26-17-14-18-28-23-26)25-36(30,33-21-11-7-3)34-22-12-8-4/h14,17-18,23,27H,5-13,15-16,19-22,24-25H2,1-4H3. The molecule has 0 radical (unpaired) electrons. The lowest BCUT2D eigenvalue weighted by Gasteiger charge is -2.27. The van der Waals surface area contributed by atoms with Gasteiger partial charge in [0.05, 0.1) is 38.8 Å². The van der Waals surface area contributed by atoms with Gasteiger partial charge in [-0.15, -0.1) is 0 Å². The maximum atomic E-state index is 13.8. The van der Waals surface area contributed by atoms with Crippen LogP contribution in [-0.4, -0.2) is 43.7 Å². The monoisotopic (exact) mass is 547 g/mol. The van der Waals surface area contributed by atoms with Crippen LogP contribution < -0.4 is 0 Å². The first-order valence-electron chi connectivity index (χ1n) is 14.0. The Morgan fingerprint density at radius 3 is 1.53 bits per heavy atom. The molecule has 7 nitrogen and oxygen atoms in total. The maximum absolute atomic E-state index is 13.8. The van der Waals surface area contributed by atoms with Gasteiger partial charge in [0.15, 0.2) is 0 Å². The molecule has 1 aromatic heterocycles. The molecule has 1 aromatic rings. The Balaban J connectivity index is 3.02. The molecule has 0 amide bonds. The van der Waals surface area contributed by atoms with Crippen LogP contribution >= 0.6 is 15.2 Å². The summed E-state index contributed by atoms with van der Waals surface area (Å²) in [6, 6.07) is 3.99. The average molecular weight is 548 g/mol. The molecule has 0 saturated heterocycles. The highest BCUT2D eigenvalue weighted by Crippen LogP contribution is 2.56. The predicted molar refractivity (Wildman–Crippen MR) is 149 cm³/mol. The number of aryl methyl sites for hydroxylation is 1. The highest BCUT2D eigenvalue weighted by molar-refractivity contribution is 7.55. The molecule has 0 spiro atoms. The van der Waals surface area contributed by atoms with Crippen molar-refractivity contribution in [2.75, 3.05) is 38.8 Å². The Bertz CT molecular complexity index is 681. The van der Waals surface area contributed by atoms with E-state index in [2.05, 4.69) is 38.7 Å².